The van der Waals surface area contributed by atoms with E-state index in [9.17, 15) is 9.59 Å². The van der Waals surface area contributed by atoms with Crippen LogP contribution in [-0.4, -0.2) is 38.6 Å². The van der Waals surface area contributed by atoms with E-state index in [2.05, 4.69) is 10.3 Å². The number of hydrogen-bond donors (Lipinski definition) is 1. The van der Waals surface area contributed by atoms with Gasteiger partial charge < -0.3 is 14.3 Å². The Morgan fingerprint density at radius 1 is 1.45 bits per heavy atom. The van der Waals surface area contributed by atoms with Crippen LogP contribution >= 0.6 is 0 Å². The Bertz CT molecular complexity index is 643. The van der Waals surface area contributed by atoms with Crippen LogP contribution in [0.2, 0.25) is 0 Å². The van der Waals surface area contributed by atoms with Crippen LogP contribution in [-0.2, 0) is 11.3 Å². The molecule has 8 heteroatoms. The molecule has 0 unspecified atom stereocenters. The fraction of sp³-hybridized carbons (Fsp3) is 0.333. The summed E-state index contributed by atoms with van der Waals surface area (Å²) in [5.41, 5.74) is 0.661. The van der Waals surface area contributed by atoms with Crippen molar-refractivity contribution in [2.75, 3.05) is 6.61 Å². The van der Waals surface area contributed by atoms with Crippen molar-refractivity contribution in [1.29, 1.82) is 0 Å². The number of ether oxygens (including phenoxy) is 1. The zero-order valence-electron chi connectivity index (χ0n) is 11.0. The number of aromatic carboxylic acids is 1. The molecule has 0 saturated carbocycles. The standard InChI is InChI=1S/C12H13N3O5/c1-3-19-12(18)10-7(2)15(14-13-10)6-8-4-5-9(20-8)11(16)17/h4-5H,3,6H2,1-2H3,(H,16,17). The molecular weight excluding hydrogens is 266 g/mol. The summed E-state index contributed by atoms with van der Waals surface area (Å²) < 4.78 is 11.4. The molecule has 8 nitrogen and oxygen atoms in total. The Morgan fingerprint density at radius 3 is 2.80 bits per heavy atom. The molecule has 2 rings (SSSR count). The second kappa shape index (κ2) is 5.55. The first kappa shape index (κ1) is 13.8. The number of carbonyl (C=O) groups excluding carboxylic acids is 1. The Hall–Kier alpha value is -2.64. The van der Waals surface area contributed by atoms with Crippen molar-refractivity contribution in [2.45, 2.75) is 20.4 Å². The molecule has 0 amide bonds. The third-order valence-corrected chi connectivity index (χ3v) is 2.63. The molecule has 0 bridgehead atoms. The molecule has 0 aliphatic heterocycles. The van der Waals surface area contributed by atoms with Gasteiger partial charge in [0.1, 0.15) is 12.3 Å². The van der Waals surface area contributed by atoms with E-state index in [-0.39, 0.29) is 24.6 Å². The molecule has 0 aliphatic carbocycles. The largest absolute Gasteiger partial charge is 0.475 e. The number of carboxylic acid groups (broad SMARTS) is 1. The molecule has 20 heavy (non-hydrogen) atoms. The number of aromatic nitrogens is 3. The summed E-state index contributed by atoms with van der Waals surface area (Å²) in [7, 11) is 0. The zero-order chi connectivity index (χ0) is 14.7. The lowest BCUT2D eigenvalue weighted by Crippen LogP contribution is -2.08. The minimum Gasteiger partial charge on any atom is -0.475 e. The average molecular weight is 279 g/mol. The van der Waals surface area contributed by atoms with E-state index < -0.39 is 11.9 Å². The quantitative estimate of drug-likeness (QED) is 0.816. The highest BCUT2D eigenvalue weighted by Gasteiger charge is 2.18. The number of hydrogen-bond acceptors (Lipinski definition) is 6. The van der Waals surface area contributed by atoms with Crippen molar-refractivity contribution < 1.29 is 23.8 Å². The highest BCUT2D eigenvalue weighted by molar-refractivity contribution is 5.88. The second-order valence-electron chi connectivity index (χ2n) is 3.97. The van der Waals surface area contributed by atoms with Gasteiger partial charge in [0.25, 0.3) is 0 Å². The number of furan rings is 1. The monoisotopic (exact) mass is 279 g/mol. The maximum atomic E-state index is 11.6. The van der Waals surface area contributed by atoms with Gasteiger partial charge in [0, 0.05) is 0 Å². The van der Waals surface area contributed by atoms with Crippen LogP contribution in [0.3, 0.4) is 0 Å². The minimum atomic E-state index is -1.14. The average Bonchev–Trinajstić information content (AvgIpc) is 2.99. The van der Waals surface area contributed by atoms with Crippen LogP contribution < -0.4 is 0 Å². The first-order chi connectivity index (χ1) is 9.52. The molecule has 2 aromatic heterocycles. The first-order valence-corrected chi connectivity index (χ1v) is 5.92. The summed E-state index contributed by atoms with van der Waals surface area (Å²) in [6, 6.07) is 2.89. The van der Waals surface area contributed by atoms with E-state index in [4.69, 9.17) is 14.3 Å². The molecule has 0 atom stereocenters. The first-order valence-electron chi connectivity index (χ1n) is 5.92. The molecule has 0 spiro atoms. The van der Waals surface area contributed by atoms with E-state index in [1.807, 2.05) is 0 Å². The molecule has 2 heterocycles. The summed E-state index contributed by atoms with van der Waals surface area (Å²) >= 11 is 0. The van der Waals surface area contributed by atoms with Crippen molar-refractivity contribution in [1.82, 2.24) is 15.0 Å². The van der Waals surface area contributed by atoms with Gasteiger partial charge in [-0.2, -0.15) is 0 Å². The minimum absolute atomic E-state index is 0.136. The predicted octanol–water partition coefficient (Wildman–Crippen LogP) is 1.10. The predicted molar refractivity (Wildman–Crippen MR) is 65.5 cm³/mol. The molecule has 0 aromatic carbocycles. The fourth-order valence-electron chi connectivity index (χ4n) is 1.62. The smallest absolute Gasteiger partial charge is 0.371 e. The number of nitrogens with zero attached hydrogens (tertiary/aromatic N) is 3. The van der Waals surface area contributed by atoms with Gasteiger partial charge in [-0.25, -0.2) is 14.3 Å². The van der Waals surface area contributed by atoms with Gasteiger partial charge in [-0.3, -0.25) is 0 Å². The van der Waals surface area contributed by atoms with E-state index in [1.54, 1.807) is 13.8 Å². The highest BCUT2D eigenvalue weighted by Crippen LogP contribution is 2.12. The fourth-order valence-corrected chi connectivity index (χ4v) is 1.62. The van der Waals surface area contributed by atoms with Gasteiger partial charge in [-0.15, -0.1) is 5.10 Å². The van der Waals surface area contributed by atoms with Crippen molar-refractivity contribution in [3.05, 3.63) is 35.0 Å². The lowest BCUT2D eigenvalue weighted by Gasteiger charge is -2.01. The number of carbonyl (C=O) groups is 2. The van der Waals surface area contributed by atoms with Gasteiger partial charge in [0.15, 0.2) is 5.69 Å². The number of rotatable bonds is 5. The summed E-state index contributed by atoms with van der Waals surface area (Å²) in [5, 5.41) is 16.3. The van der Waals surface area contributed by atoms with E-state index in [1.165, 1.54) is 16.8 Å². The van der Waals surface area contributed by atoms with Crippen LogP contribution in [0.1, 0.15) is 39.4 Å². The Labute approximate surface area is 113 Å². The van der Waals surface area contributed by atoms with Crippen molar-refractivity contribution >= 4 is 11.9 Å². The molecule has 0 aliphatic rings. The topological polar surface area (TPSA) is 107 Å². The van der Waals surface area contributed by atoms with E-state index in [0.29, 0.717) is 11.5 Å². The van der Waals surface area contributed by atoms with Crippen LogP contribution in [0.5, 0.6) is 0 Å². The van der Waals surface area contributed by atoms with Gasteiger partial charge in [-0.1, -0.05) is 5.21 Å². The summed E-state index contributed by atoms with van der Waals surface area (Å²) in [6.45, 7) is 3.82. The Kier molecular flexibility index (Phi) is 3.83. The Morgan fingerprint density at radius 2 is 2.20 bits per heavy atom. The highest BCUT2D eigenvalue weighted by atomic mass is 16.5. The number of carboxylic acids is 1. The van der Waals surface area contributed by atoms with Crippen molar-refractivity contribution in [3.8, 4) is 0 Å². The van der Waals surface area contributed by atoms with Gasteiger partial charge in [0.05, 0.1) is 12.3 Å². The molecule has 0 radical (unpaired) electrons. The lowest BCUT2D eigenvalue weighted by molar-refractivity contribution is 0.0518. The van der Waals surface area contributed by atoms with Crippen molar-refractivity contribution in [2.24, 2.45) is 0 Å². The Balaban J connectivity index is 2.17. The summed E-state index contributed by atoms with van der Waals surface area (Å²) in [4.78, 5) is 22.3. The normalized spacial score (nSPS) is 10.5. The summed E-state index contributed by atoms with van der Waals surface area (Å²) in [6.07, 6.45) is 0. The maximum Gasteiger partial charge on any atom is 0.371 e. The zero-order valence-corrected chi connectivity index (χ0v) is 11.0. The molecule has 2 aromatic rings. The van der Waals surface area contributed by atoms with Gasteiger partial charge in [0.2, 0.25) is 5.76 Å². The number of esters is 1. The van der Waals surface area contributed by atoms with Gasteiger partial charge >= 0.3 is 11.9 Å². The van der Waals surface area contributed by atoms with Crippen molar-refractivity contribution in [3.63, 3.8) is 0 Å². The molecule has 1 N–H and O–H groups in total. The van der Waals surface area contributed by atoms with Crippen LogP contribution in [0.4, 0.5) is 0 Å². The second-order valence-corrected chi connectivity index (χ2v) is 3.97. The summed E-state index contributed by atoms with van der Waals surface area (Å²) in [5.74, 6) is -1.42. The lowest BCUT2D eigenvalue weighted by atomic mass is 10.3. The molecule has 0 fully saturated rings. The third kappa shape index (κ3) is 2.68. The van der Waals surface area contributed by atoms with E-state index >= 15 is 0 Å². The maximum absolute atomic E-state index is 11.6. The molecule has 106 valence electrons. The molecular formula is C12H13N3O5. The SMILES string of the molecule is CCOC(=O)c1nnn(Cc2ccc(C(=O)O)o2)c1C. The molecule has 0 saturated heterocycles. The van der Waals surface area contributed by atoms with Crippen LogP contribution in [0, 0.1) is 6.92 Å². The third-order valence-electron chi connectivity index (χ3n) is 2.63. The van der Waals surface area contributed by atoms with Crippen LogP contribution in [0.25, 0.3) is 0 Å². The van der Waals surface area contributed by atoms with Gasteiger partial charge in [-0.05, 0) is 26.0 Å². The van der Waals surface area contributed by atoms with Crippen LogP contribution in [0.15, 0.2) is 16.5 Å². The van der Waals surface area contributed by atoms with E-state index in [0.717, 1.165) is 0 Å².